The largest absolute Gasteiger partial charge is 0.349 e. The monoisotopic (exact) mass is 362 g/mol. The maximum atomic E-state index is 12.9. The lowest BCUT2D eigenvalue weighted by atomic mass is 10.2. The number of ether oxygens (including phenoxy) is 2. The normalized spacial score (nSPS) is 19.4. The highest BCUT2D eigenvalue weighted by molar-refractivity contribution is 7.14. The predicted molar refractivity (Wildman–Crippen MR) is 99.8 cm³/mol. The van der Waals surface area contributed by atoms with E-state index < -0.39 is 5.79 Å². The van der Waals surface area contributed by atoms with Crippen LogP contribution in [0.15, 0.2) is 12.1 Å². The molecule has 3 heterocycles. The van der Waals surface area contributed by atoms with Crippen molar-refractivity contribution in [2.75, 3.05) is 13.2 Å². The van der Waals surface area contributed by atoms with Gasteiger partial charge in [0.05, 0.1) is 12.3 Å². The minimum absolute atomic E-state index is 0.0583. The van der Waals surface area contributed by atoms with Gasteiger partial charge in [-0.3, -0.25) is 4.79 Å². The summed E-state index contributed by atoms with van der Waals surface area (Å²) < 4.78 is 13.5. The van der Waals surface area contributed by atoms with Crippen LogP contribution in [0.5, 0.6) is 0 Å². The lowest BCUT2D eigenvalue weighted by Gasteiger charge is -2.17. The fourth-order valence-corrected chi connectivity index (χ4v) is 4.27. The number of rotatable bonds is 4. The van der Waals surface area contributed by atoms with Crippen LogP contribution >= 0.6 is 11.3 Å². The van der Waals surface area contributed by atoms with Crippen LogP contribution in [0.2, 0.25) is 0 Å². The van der Waals surface area contributed by atoms with Gasteiger partial charge in [-0.05, 0) is 59.2 Å². The molecule has 1 amide bonds. The molecule has 1 N–H and O–H groups in total. The third-order valence-electron chi connectivity index (χ3n) is 4.61. The molecule has 1 fully saturated rings. The molecule has 1 aliphatic rings. The Morgan fingerprint density at radius 1 is 1.28 bits per heavy atom. The van der Waals surface area contributed by atoms with Gasteiger partial charge in [-0.25, -0.2) is 0 Å². The summed E-state index contributed by atoms with van der Waals surface area (Å²) in [6.45, 7) is 13.0. The minimum Gasteiger partial charge on any atom is -0.349 e. The lowest BCUT2D eigenvalue weighted by Crippen LogP contribution is -2.34. The van der Waals surface area contributed by atoms with Crippen molar-refractivity contribution in [1.82, 2.24) is 9.88 Å². The number of hydrogen-bond acceptors (Lipinski definition) is 4. The molecule has 0 aliphatic carbocycles. The van der Waals surface area contributed by atoms with Gasteiger partial charge in [0.15, 0.2) is 5.79 Å². The summed E-state index contributed by atoms with van der Waals surface area (Å²) >= 11 is 1.54. The number of thiophene rings is 1. The Hall–Kier alpha value is -1.63. The van der Waals surface area contributed by atoms with Crippen LogP contribution in [0, 0.1) is 27.7 Å². The number of nitrogens with zero attached hydrogens (tertiary/aromatic N) is 1. The highest BCUT2D eigenvalue weighted by Gasteiger charge is 2.33. The third-order valence-corrected chi connectivity index (χ3v) is 5.81. The van der Waals surface area contributed by atoms with Gasteiger partial charge in [-0.1, -0.05) is 0 Å². The number of aryl methyl sites for hydroxylation is 3. The number of aromatic nitrogens is 1. The van der Waals surface area contributed by atoms with Gasteiger partial charge in [0, 0.05) is 22.8 Å². The summed E-state index contributed by atoms with van der Waals surface area (Å²) in [4.78, 5) is 14.8. The zero-order valence-corrected chi connectivity index (χ0v) is 16.5. The molecule has 136 valence electrons. The summed E-state index contributed by atoms with van der Waals surface area (Å²) in [5.74, 6) is -0.632. The number of carbonyl (C=O) groups is 1. The fourth-order valence-electron chi connectivity index (χ4n) is 3.21. The SMILES string of the molecule is Cc1sc(C(=O)NCC2COC(C)(C)O2)c(-n2c(C)ccc2C)c1C. The molecule has 2 aromatic rings. The third kappa shape index (κ3) is 3.52. The molecule has 6 heteroatoms. The van der Waals surface area contributed by atoms with E-state index in [4.69, 9.17) is 9.47 Å². The second kappa shape index (κ2) is 6.59. The maximum Gasteiger partial charge on any atom is 0.263 e. The average molecular weight is 362 g/mol. The maximum absolute atomic E-state index is 12.9. The summed E-state index contributed by atoms with van der Waals surface area (Å²) in [6.07, 6.45) is -0.111. The van der Waals surface area contributed by atoms with E-state index in [9.17, 15) is 4.79 Å². The molecular weight excluding hydrogens is 336 g/mol. The molecule has 25 heavy (non-hydrogen) atoms. The van der Waals surface area contributed by atoms with Gasteiger partial charge in [0.25, 0.3) is 5.91 Å². The van der Waals surface area contributed by atoms with Crippen molar-refractivity contribution in [3.63, 3.8) is 0 Å². The van der Waals surface area contributed by atoms with Crippen LogP contribution in [0.25, 0.3) is 5.69 Å². The van der Waals surface area contributed by atoms with E-state index in [1.165, 1.54) is 0 Å². The molecule has 0 bridgehead atoms. The molecule has 1 aliphatic heterocycles. The number of carbonyl (C=O) groups excluding carboxylic acids is 1. The van der Waals surface area contributed by atoms with Crippen molar-refractivity contribution in [2.45, 2.75) is 53.4 Å². The van der Waals surface area contributed by atoms with E-state index in [2.05, 4.69) is 49.7 Å². The summed E-state index contributed by atoms with van der Waals surface area (Å²) in [5.41, 5.74) is 4.39. The Kier molecular flexibility index (Phi) is 4.79. The standard InChI is InChI=1S/C19H26N2O3S/c1-11-7-8-12(2)21(11)16-13(3)14(4)25-17(16)18(22)20-9-15-10-23-19(5,6)24-15/h7-8,15H,9-10H2,1-6H3,(H,20,22). The van der Waals surface area contributed by atoms with Crippen molar-refractivity contribution in [3.8, 4) is 5.69 Å². The number of hydrogen-bond donors (Lipinski definition) is 1. The predicted octanol–water partition coefficient (Wildman–Crippen LogP) is 3.65. The first kappa shape index (κ1) is 18.2. The van der Waals surface area contributed by atoms with Crippen molar-refractivity contribution in [1.29, 1.82) is 0 Å². The van der Waals surface area contributed by atoms with Gasteiger partial charge in [-0.15, -0.1) is 11.3 Å². The van der Waals surface area contributed by atoms with Crippen LogP contribution in [0.4, 0.5) is 0 Å². The zero-order valence-electron chi connectivity index (χ0n) is 15.7. The molecule has 3 rings (SSSR count). The smallest absolute Gasteiger partial charge is 0.263 e. The molecule has 0 spiro atoms. The van der Waals surface area contributed by atoms with Crippen molar-refractivity contribution >= 4 is 17.2 Å². The summed E-state index contributed by atoms with van der Waals surface area (Å²) in [5, 5.41) is 3.01. The molecule has 0 aromatic carbocycles. The minimum atomic E-state index is -0.573. The van der Waals surface area contributed by atoms with E-state index in [1.54, 1.807) is 11.3 Å². The molecule has 0 saturated carbocycles. The Balaban J connectivity index is 1.83. The van der Waals surface area contributed by atoms with Crippen molar-refractivity contribution in [2.24, 2.45) is 0 Å². The second-order valence-electron chi connectivity index (χ2n) is 7.07. The summed E-state index contributed by atoms with van der Waals surface area (Å²) in [6, 6.07) is 4.16. The molecule has 2 aromatic heterocycles. The van der Waals surface area contributed by atoms with Crippen molar-refractivity contribution in [3.05, 3.63) is 38.8 Å². The molecule has 1 unspecified atom stereocenters. The Labute approximate surface area is 152 Å². The van der Waals surface area contributed by atoms with E-state index in [-0.39, 0.29) is 12.0 Å². The van der Waals surface area contributed by atoms with Gasteiger partial charge in [-0.2, -0.15) is 0 Å². The first-order valence-corrected chi connectivity index (χ1v) is 9.36. The van der Waals surface area contributed by atoms with Crippen LogP contribution in [-0.4, -0.2) is 35.5 Å². The Morgan fingerprint density at radius 2 is 1.92 bits per heavy atom. The molecule has 0 radical (unpaired) electrons. The van der Waals surface area contributed by atoms with Crippen LogP contribution in [0.3, 0.4) is 0 Å². The van der Waals surface area contributed by atoms with Crippen LogP contribution in [0.1, 0.15) is 45.3 Å². The second-order valence-corrected chi connectivity index (χ2v) is 8.30. The van der Waals surface area contributed by atoms with E-state index in [0.29, 0.717) is 13.2 Å². The van der Waals surface area contributed by atoms with Crippen molar-refractivity contribution < 1.29 is 14.3 Å². The van der Waals surface area contributed by atoms with Crippen LogP contribution < -0.4 is 5.32 Å². The topological polar surface area (TPSA) is 52.5 Å². The Morgan fingerprint density at radius 3 is 2.48 bits per heavy atom. The first-order valence-electron chi connectivity index (χ1n) is 8.55. The number of nitrogens with one attached hydrogen (secondary N) is 1. The van der Waals surface area contributed by atoms with Crippen LogP contribution in [-0.2, 0) is 9.47 Å². The van der Waals surface area contributed by atoms with E-state index in [0.717, 1.165) is 32.4 Å². The first-order chi connectivity index (χ1) is 11.7. The van der Waals surface area contributed by atoms with Gasteiger partial charge < -0.3 is 19.4 Å². The van der Waals surface area contributed by atoms with Gasteiger partial charge in [0.1, 0.15) is 11.0 Å². The molecule has 1 saturated heterocycles. The van der Waals surface area contributed by atoms with E-state index >= 15 is 0 Å². The molecular formula is C19H26N2O3S. The summed E-state index contributed by atoms with van der Waals surface area (Å²) in [7, 11) is 0. The van der Waals surface area contributed by atoms with Gasteiger partial charge >= 0.3 is 0 Å². The highest BCUT2D eigenvalue weighted by Crippen LogP contribution is 2.33. The van der Waals surface area contributed by atoms with Gasteiger partial charge in [0.2, 0.25) is 0 Å². The number of amides is 1. The zero-order chi connectivity index (χ0) is 18.4. The highest BCUT2D eigenvalue weighted by atomic mass is 32.1. The molecule has 5 nitrogen and oxygen atoms in total. The Bertz CT molecular complexity index is 784. The lowest BCUT2D eigenvalue weighted by molar-refractivity contribution is -0.137. The quantitative estimate of drug-likeness (QED) is 0.903. The average Bonchev–Trinajstić information content (AvgIpc) is 3.15. The molecule has 1 atom stereocenters. The fraction of sp³-hybridized carbons (Fsp3) is 0.526. The van der Waals surface area contributed by atoms with E-state index in [1.807, 2.05) is 13.8 Å².